The quantitative estimate of drug-likeness (QED) is 0.848. The number of carbonyl (C=O) groups is 2. The number of hydrogen-bond acceptors (Lipinski definition) is 4. The van der Waals surface area contributed by atoms with Crippen molar-refractivity contribution in [1.82, 2.24) is 0 Å². The van der Waals surface area contributed by atoms with E-state index in [2.05, 4.69) is 16.1 Å². The van der Waals surface area contributed by atoms with E-state index in [0.717, 1.165) is 12.8 Å². The van der Waals surface area contributed by atoms with Crippen LogP contribution in [0.1, 0.15) is 34.3 Å². The van der Waals surface area contributed by atoms with Crippen molar-refractivity contribution in [3.8, 4) is 5.75 Å². The molecular formula is C20H21NO4. The molecule has 0 bridgehead atoms. The molecule has 0 radical (unpaired) electrons. The number of nitrogens with one attached hydrogen (secondary N) is 1. The van der Waals surface area contributed by atoms with Gasteiger partial charge in [0.15, 0.2) is 6.61 Å². The van der Waals surface area contributed by atoms with Gasteiger partial charge in [0, 0.05) is 17.3 Å². The minimum Gasteiger partial charge on any atom is -0.482 e. The molecule has 3 rings (SSSR count). The standard InChI is InChI=1S/C20H21NO4/c1-24-19(22)13-25-18-8-4-7-17(12-18)21-20(23)16-10-9-14-5-2-3-6-15(14)11-16/h4,7-12H,2-3,5-6,13H2,1H3,(H,21,23). The molecule has 0 saturated heterocycles. The van der Waals surface area contributed by atoms with E-state index in [1.807, 2.05) is 12.1 Å². The van der Waals surface area contributed by atoms with Crippen molar-refractivity contribution in [3.05, 3.63) is 59.2 Å². The van der Waals surface area contributed by atoms with Crippen LogP contribution < -0.4 is 10.1 Å². The van der Waals surface area contributed by atoms with Crippen molar-refractivity contribution in [3.63, 3.8) is 0 Å². The first-order valence-electron chi connectivity index (χ1n) is 8.38. The summed E-state index contributed by atoms with van der Waals surface area (Å²) in [6, 6.07) is 12.9. The zero-order valence-electron chi connectivity index (χ0n) is 14.2. The van der Waals surface area contributed by atoms with E-state index in [1.165, 1.54) is 31.1 Å². The van der Waals surface area contributed by atoms with Crippen molar-refractivity contribution in [2.75, 3.05) is 19.0 Å². The van der Waals surface area contributed by atoms with Crippen LogP contribution >= 0.6 is 0 Å². The maximum atomic E-state index is 12.5. The van der Waals surface area contributed by atoms with E-state index in [-0.39, 0.29) is 12.5 Å². The molecular weight excluding hydrogens is 318 g/mol. The van der Waals surface area contributed by atoms with E-state index in [9.17, 15) is 9.59 Å². The molecule has 5 nitrogen and oxygen atoms in total. The molecule has 0 saturated carbocycles. The van der Waals surface area contributed by atoms with Crippen LogP contribution in [-0.2, 0) is 22.4 Å². The Morgan fingerprint density at radius 1 is 1.04 bits per heavy atom. The third kappa shape index (κ3) is 4.38. The van der Waals surface area contributed by atoms with Gasteiger partial charge < -0.3 is 14.8 Å². The highest BCUT2D eigenvalue weighted by Crippen LogP contribution is 2.23. The molecule has 2 aromatic rings. The van der Waals surface area contributed by atoms with Crippen molar-refractivity contribution >= 4 is 17.6 Å². The summed E-state index contributed by atoms with van der Waals surface area (Å²) < 4.78 is 9.87. The lowest BCUT2D eigenvalue weighted by Crippen LogP contribution is -2.14. The number of benzene rings is 2. The Bertz CT molecular complexity index is 785. The van der Waals surface area contributed by atoms with Gasteiger partial charge in [0.2, 0.25) is 0 Å². The summed E-state index contributed by atoms with van der Waals surface area (Å²) >= 11 is 0. The zero-order chi connectivity index (χ0) is 17.6. The van der Waals surface area contributed by atoms with Gasteiger partial charge >= 0.3 is 5.97 Å². The fraction of sp³-hybridized carbons (Fsp3) is 0.300. The molecule has 1 N–H and O–H groups in total. The summed E-state index contributed by atoms with van der Waals surface area (Å²) in [7, 11) is 1.31. The molecule has 25 heavy (non-hydrogen) atoms. The van der Waals surface area contributed by atoms with Gasteiger partial charge in [-0.1, -0.05) is 12.1 Å². The minimum atomic E-state index is -0.455. The molecule has 2 aromatic carbocycles. The fourth-order valence-corrected chi connectivity index (χ4v) is 2.94. The highest BCUT2D eigenvalue weighted by atomic mass is 16.6. The van der Waals surface area contributed by atoms with Crippen LogP contribution in [0.4, 0.5) is 5.69 Å². The van der Waals surface area contributed by atoms with E-state index in [4.69, 9.17) is 4.74 Å². The van der Waals surface area contributed by atoms with Gasteiger partial charge in [-0.3, -0.25) is 4.79 Å². The van der Waals surface area contributed by atoms with E-state index in [1.54, 1.807) is 24.3 Å². The van der Waals surface area contributed by atoms with E-state index < -0.39 is 5.97 Å². The number of hydrogen-bond donors (Lipinski definition) is 1. The third-order valence-electron chi connectivity index (χ3n) is 4.29. The van der Waals surface area contributed by atoms with Crippen LogP contribution in [0.25, 0.3) is 0 Å². The van der Waals surface area contributed by atoms with Crippen molar-refractivity contribution < 1.29 is 19.1 Å². The minimum absolute atomic E-state index is 0.154. The van der Waals surface area contributed by atoms with Crippen LogP contribution in [0.2, 0.25) is 0 Å². The van der Waals surface area contributed by atoms with Gasteiger partial charge in [-0.25, -0.2) is 4.79 Å². The Morgan fingerprint density at radius 3 is 2.64 bits per heavy atom. The second-order valence-corrected chi connectivity index (χ2v) is 6.04. The molecule has 0 heterocycles. The Balaban J connectivity index is 1.67. The van der Waals surface area contributed by atoms with Gasteiger partial charge in [-0.15, -0.1) is 0 Å². The molecule has 0 aromatic heterocycles. The number of rotatable bonds is 5. The first-order chi connectivity index (χ1) is 12.2. The topological polar surface area (TPSA) is 64.6 Å². The van der Waals surface area contributed by atoms with Crippen molar-refractivity contribution in [2.24, 2.45) is 0 Å². The smallest absolute Gasteiger partial charge is 0.343 e. The number of ether oxygens (including phenoxy) is 2. The number of aryl methyl sites for hydroxylation is 2. The average molecular weight is 339 g/mol. The molecule has 1 aliphatic carbocycles. The largest absolute Gasteiger partial charge is 0.482 e. The monoisotopic (exact) mass is 339 g/mol. The number of anilines is 1. The lowest BCUT2D eigenvalue weighted by Gasteiger charge is -2.16. The number of fused-ring (bicyclic) bond motifs is 1. The summed E-state index contributed by atoms with van der Waals surface area (Å²) in [4.78, 5) is 23.6. The number of carbonyl (C=O) groups excluding carboxylic acids is 2. The van der Waals surface area contributed by atoms with Crippen molar-refractivity contribution in [1.29, 1.82) is 0 Å². The highest BCUT2D eigenvalue weighted by Gasteiger charge is 2.13. The Kier molecular flexibility index (Phi) is 5.33. The number of methoxy groups -OCH3 is 1. The molecule has 0 fully saturated rings. The zero-order valence-corrected chi connectivity index (χ0v) is 14.2. The number of amides is 1. The molecule has 0 spiro atoms. The Hall–Kier alpha value is -2.82. The van der Waals surface area contributed by atoms with Gasteiger partial charge in [0.1, 0.15) is 5.75 Å². The summed E-state index contributed by atoms with van der Waals surface area (Å²) in [5, 5.41) is 2.87. The summed E-state index contributed by atoms with van der Waals surface area (Å²) in [5.74, 6) is -0.115. The third-order valence-corrected chi connectivity index (χ3v) is 4.29. The maximum absolute atomic E-state index is 12.5. The first kappa shape index (κ1) is 17.0. The van der Waals surface area contributed by atoms with Crippen LogP contribution in [0.5, 0.6) is 5.75 Å². The SMILES string of the molecule is COC(=O)COc1cccc(NC(=O)c2ccc3c(c2)CCCC3)c1. The molecule has 0 unspecified atom stereocenters. The molecule has 0 atom stereocenters. The molecule has 130 valence electrons. The van der Waals surface area contributed by atoms with Gasteiger partial charge in [0.05, 0.1) is 7.11 Å². The second-order valence-electron chi connectivity index (χ2n) is 6.04. The van der Waals surface area contributed by atoms with Crippen LogP contribution in [0.15, 0.2) is 42.5 Å². The summed E-state index contributed by atoms with van der Waals surface area (Å²) in [6.45, 7) is -0.168. The van der Waals surface area contributed by atoms with E-state index >= 15 is 0 Å². The van der Waals surface area contributed by atoms with Gasteiger partial charge in [0.25, 0.3) is 5.91 Å². The van der Waals surface area contributed by atoms with E-state index in [0.29, 0.717) is 17.0 Å². The highest BCUT2D eigenvalue weighted by molar-refractivity contribution is 6.04. The average Bonchev–Trinajstić information content (AvgIpc) is 2.66. The Morgan fingerprint density at radius 2 is 1.84 bits per heavy atom. The molecule has 1 amide bonds. The van der Waals surface area contributed by atoms with Crippen LogP contribution in [0.3, 0.4) is 0 Å². The second kappa shape index (κ2) is 7.83. The van der Waals surface area contributed by atoms with Crippen LogP contribution in [-0.4, -0.2) is 25.6 Å². The van der Waals surface area contributed by atoms with Crippen LogP contribution in [0, 0.1) is 0 Å². The Labute approximate surface area is 147 Å². The predicted molar refractivity (Wildman–Crippen MR) is 95.0 cm³/mol. The first-order valence-corrected chi connectivity index (χ1v) is 8.38. The van der Waals surface area contributed by atoms with Crippen molar-refractivity contribution in [2.45, 2.75) is 25.7 Å². The normalized spacial score (nSPS) is 12.8. The summed E-state index contributed by atoms with van der Waals surface area (Å²) in [6.07, 6.45) is 4.53. The molecule has 0 aliphatic heterocycles. The lowest BCUT2D eigenvalue weighted by molar-refractivity contribution is -0.142. The fourth-order valence-electron chi connectivity index (χ4n) is 2.94. The van der Waals surface area contributed by atoms with Gasteiger partial charge in [-0.2, -0.15) is 0 Å². The molecule has 5 heteroatoms. The maximum Gasteiger partial charge on any atom is 0.343 e. The number of esters is 1. The predicted octanol–water partition coefficient (Wildman–Crippen LogP) is 3.37. The lowest BCUT2D eigenvalue weighted by atomic mass is 9.90. The van der Waals surface area contributed by atoms with Gasteiger partial charge in [-0.05, 0) is 61.1 Å². The molecule has 1 aliphatic rings. The summed E-state index contributed by atoms with van der Waals surface area (Å²) in [5.41, 5.74) is 3.89.